The van der Waals surface area contributed by atoms with Gasteiger partial charge in [0.05, 0.1) is 30.3 Å². The average Bonchev–Trinajstić information content (AvgIpc) is 3.22. The van der Waals surface area contributed by atoms with E-state index < -0.39 is 11.9 Å². The molecular weight excluding hydrogens is 386 g/mol. The zero-order valence-corrected chi connectivity index (χ0v) is 17.0. The van der Waals surface area contributed by atoms with Crippen LogP contribution in [0.4, 0.5) is 0 Å². The van der Waals surface area contributed by atoms with Crippen molar-refractivity contribution in [3.8, 4) is 40.4 Å². The number of nitriles is 1. The summed E-state index contributed by atoms with van der Waals surface area (Å²) in [6.45, 7) is 5.34. The van der Waals surface area contributed by atoms with E-state index in [0.29, 0.717) is 33.8 Å². The first kappa shape index (κ1) is 20.9. The molecule has 8 heteroatoms. The Morgan fingerprint density at radius 3 is 2.63 bits per heavy atom. The number of benzene rings is 2. The van der Waals surface area contributed by atoms with Crippen LogP contribution in [0.3, 0.4) is 0 Å². The summed E-state index contributed by atoms with van der Waals surface area (Å²) < 4.78 is 16.5. The van der Waals surface area contributed by atoms with Crippen molar-refractivity contribution < 1.29 is 23.9 Å². The Balaban J connectivity index is 2.01. The minimum absolute atomic E-state index is 0.0640. The highest BCUT2D eigenvalue weighted by Crippen LogP contribution is 2.36. The Morgan fingerprint density at radius 2 is 2.00 bits per heavy atom. The molecule has 0 saturated heterocycles. The third-order valence-electron chi connectivity index (χ3n) is 4.46. The van der Waals surface area contributed by atoms with Crippen molar-refractivity contribution in [2.75, 3.05) is 7.11 Å². The van der Waals surface area contributed by atoms with Crippen LogP contribution in [0.5, 0.6) is 11.5 Å². The van der Waals surface area contributed by atoms with Gasteiger partial charge in [-0.05, 0) is 45.0 Å². The number of carboxylic acids is 1. The SMILES string of the molecule is COc1c(-c2noc(-c3ccc(OC(C)C)c(C#N)c3)n2)cccc1C(C)C(=O)O. The van der Waals surface area contributed by atoms with Crippen LogP contribution in [0.1, 0.15) is 37.8 Å². The van der Waals surface area contributed by atoms with Gasteiger partial charge in [0, 0.05) is 11.1 Å². The summed E-state index contributed by atoms with van der Waals surface area (Å²) in [7, 11) is 1.46. The highest BCUT2D eigenvalue weighted by molar-refractivity contribution is 5.79. The van der Waals surface area contributed by atoms with Crippen LogP contribution in [0, 0.1) is 11.3 Å². The van der Waals surface area contributed by atoms with E-state index in [1.807, 2.05) is 13.8 Å². The molecule has 0 amide bonds. The molecule has 8 nitrogen and oxygen atoms in total. The van der Waals surface area contributed by atoms with E-state index >= 15 is 0 Å². The average molecular weight is 407 g/mol. The number of para-hydroxylation sites is 1. The minimum atomic E-state index is -0.966. The molecule has 0 spiro atoms. The lowest BCUT2D eigenvalue weighted by atomic mass is 9.97. The second kappa shape index (κ2) is 8.66. The summed E-state index contributed by atoms with van der Waals surface area (Å²) in [6.07, 6.45) is -0.0640. The van der Waals surface area contributed by atoms with Crippen LogP contribution in [-0.4, -0.2) is 34.4 Å². The third-order valence-corrected chi connectivity index (χ3v) is 4.46. The first-order valence-electron chi connectivity index (χ1n) is 9.30. The Morgan fingerprint density at radius 1 is 1.23 bits per heavy atom. The van der Waals surface area contributed by atoms with E-state index in [4.69, 9.17) is 14.0 Å². The van der Waals surface area contributed by atoms with Crippen molar-refractivity contribution >= 4 is 5.97 Å². The van der Waals surface area contributed by atoms with Crippen LogP contribution in [0.2, 0.25) is 0 Å². The van der Waals surface area contributed by atoms with Crippen molar-refractivity contribution in [1.82, 2.24) is 10.1 Å². The van der Waals surface area contributed by atoms with Crippen molar-refractivity contribution in [3.05, 3.63) is 47.5 Å². The van der Waals surface area contributed by atoms with E-state index in [-0.39, 0.29) is 17.8 Å². The molecule has 0 saturated carbocycles. The molecule has 2 aromatic carbocycles. The molecule has 3 aromatic rings. The quantitative estimate of drug-likeness (QED) is 0.617. The van der Waals surface area contributed by atoms with Gasteiger partial charge < -0.3 is 19.1 Å². The summed E-state index contributed by atoms with van der Waals surface area (Å²) in [5, 5.41) is 22.8. The Labute approximate surface area is 173 Å². The number of carbonyl (C=O) groups is 1. The number of rotatable bonds is 7. The van der Waals surface area contributed by atoms with Crippen LogP contribution >= 0.6 is 0 Å². The Kier molecular flexibility index (Phi) is 6.02. The monoisotopic (exact) mass is 407 g/mol. The predicted molar refractivity (Wildman–Crippen MR) is 108 cm³/mol. The van der Waals surface area contributed by atoms with E-state index in [1.165, 1.54) is 7.11 Å². The first-order chi connectivity index (χ1) is 14.3. The summed E-state index contributed by atoms with van der Waals surface area (Å²) >= 11 is 0. The molecule has 1 heterocycles. The van der Waals surface area contributed by atoms with Gasteiger partial charge in [-0.15, -0.1) is 0 Å². The number of aliphatic carboxylic acids is 1. The first-order valence-corrected chi connectivity index (χ1v) is 9.30. The van der Waals surface area contributed by atoms with Gasteiger partial charge in [-0.1, -0.05) is 17.3 Å². The number of ether oxygens (including phenoxy) is 2. The smallest absolute Gasteiger partial charge is 0.310 e. The summed E-state index contributed by atoms with van der Waals surface area (Å²) in [4.78, 5) is 15.8. The Hall–Kier alpha value is -3.86. The fourth-order valence-corrected chi connectivity index (χ4v) is 2.99. The van der Waals surface area contributed by atoms with Gasteiger partial charge in [0.1, 0.15) is 17.6 Å². The topological polar surface area (TPSA) is 118 Å². The van der Waals surface area contributed by atoms with E-state index in [1.54, 1.807) is 43.3 Å². The second-order valence-corrected chi connectivity index (χ2v) is 6.90. The number of hydrogen-bond acceptors (Lipinski definition) is 7. The largest absolute Gasteiger partial charge is 0.496 e. The summed E-state index contributed by atoms with van der Waals surface area (Å²) in [6, 6.07) is 12.3. The molecule has 1 N–H and O–H groups in total. The maximum Gasteiger partial charge on any atom is 0.310 e. The van der Waals surface area contributed by atoms with Gasteiger partial charge in [-0.25, -0.2) is 0 Å². The lowest BCUT2D eigenvalue weighted by Crippen LogP contribution is -2.09. The predicted octanol–water partition coefficient (Wildman–Crippen LogP) is 4.26. The number of aromatic nitrogens is 2. The van der Waals surface area contributed by atoms with Gasteiger partial charge in [-0.3, -0.25) is 4.79 Å². The zero-order chi connectivity index (χ0) is 21.8. The fraction of sp³-hybridized carbons (Fsp3) is 0.273. The van der Waals surface area contributed by atoms with Crippen LogP contribution < -0.4 is 9.47 Å². The standard InChI is InChI=1S/C22H21N3O5/c1-12(2)29-18-9-8-14(10-15(18)11-23)21-24-20(25-30-21)17-7-5-6-16(19(17)28-4)13(3)22(26)27/h5-10,12-13H,1-4H3,(H,26,27). The molecule has 0 bridgehead atoms. The summed E-state index contributed by atoms with van der Waals surface area (Å²) in [5.41, 5.74) is 1.94. The number of carboxylic acid groups (broad SMARTS) is 1. The lowest BCUT2D eigenvalue weighted by Gasteiger charge is -2.14. The third kappa shape index (κ3) is 4.10. The molecule has 0 aliphatic carbocycles. The molecule has 0 aliphatic heterocycles. The van der Waals surface area contributed by atoms with E-state index in [0.717, 1.165) is 0 Å². The normalized spacial score (nSPS) is 11.7. The van der Waals surface area contributed by atoms with Crippen molar-refractivity contribution in [1.29, 1.82) is 5.26 Å². The van der Waals surface area contributed by atoms with Crippen molar-refractivity contribution in [3.63, 3.8) is 0 Å². The van der Waals surface area contributed by atoms with Gasteiger partial charge >= 0.3 is 5.97 Å². The molecule has 1 aromatic heterocycles. The molecule has 3 rings (SSSR count). The number of nitrogens with zero attached hydrogens (tertiary/aromatic N) is 3. The van der Waals surface area contributed by atoms with Crippen molar-refractivity contribution in [2.24, 2.45) is 0 Å². The lowest BCUT2D eigenvalue weighted by molar-refractivity contribution is -0.138. The highest BCUT2D eigenvalue weighted by atomic mass is 16.5. The minimum Gasteiger partial charge on any atom is -0.496 e. The molecule has 1 unspecified atom stereocenters. The van der Waals surface area contributed by atoms with Gasteiger partial charge in [0.25, 0.3) is 5.89 Å². The highest BCUT2D eigenvalue weighted by Gasteiger charge is 2.23. The van der Waals surface area contributed by atoms with Crippen LogP contribution in [0.15, 0.2) is 40.9 Å². The maximum atomic E-state index is 11.4. The van der Waals surface area contributed by atoms with Crippen LogP contribution in [-0.2, 0) is 4.79 Å². The molecule has 0 aliphatic rings. The molecule has 0 fully saturated rings. The van der Waals surface area contributed by atoms with Gasteiger partial charge in [0.15, 0.2) is 0 Å². The number of methoxy groups -OCH3 is 1. The summed E-state index contributed by atoms with van der Waals surface area (Å²) in [5.74, 6) is -0.408. The van der Waals surface area contributed by atoms with Crippen molar-refractivity contribution in [2.45, 2.75) is 32.8 Å². The molecular formula is C22H21N3O5. The van der Waals surface area contributed by atoms with Gasteiger partial charge in [0.2, 0.25) is 5.82 Å². The maximum absolute atomic E-state index is 11.4. The zero-order valence-electron chi connectivity index (χ0n) is 17.0. The Bertz CT molecular complexity index is 1110. The second-order valence-electron chi connectivity index (χ2n) is 6.90. The molecule has 1 atom stereocenters. The van der Waals surface area contributed by atoms with Gasteiger partial charge in [-0.2, -0.15) is 10.2 Å². The fourth-order valence-electron chi connectivity index (χ4n) is 2.99. The van der Waals surface area contributed by atoms with E-state index in [2.05, 4.69) is 16.2 Å². The number of hydrogen-bond donors (Lipinski definition) is 1. The van der Waals surface area contributed by atoms with Crippen LogP contribution in [0.25, 0.3) is 22.8 Å². The molecule has 0 radical (unpaired) electrons. The molecule has 30 heavy (non-hydrogen) atoms. The molecule has 154 valence electrons. The van der Waals surface area contributed by atoms with E-state index in [9.17, 15) is 15.2 Å².